The Morgan fingerprint density at radius 2 is 1.80 bits per heavy atom. The zero-order valence-electron chi connectivity index (χ0n) is 13.3. The highest BCUT2D eigenvalue weighted by molar-refractivity contribution is 5.44. The van der Waals surface area contributed by atoms with Crippen LogP contribution in [0.4, 0.5) is 8.78 Å². The molecule has 2 aromatic rings. The largest absolute Gasteiger partial charge is 0.333 e. The number of halogens is 2. The van der Waals surface area contributed by atoms with Crippen LogP contribution < -0.4 is 16.6 Å². The first-order valence-corrected chi connectivity index (χ1v) is 7.78. The average molecular weight is 346 g/mol. The van der Waals surface area contributed by atoms with E-state index in [4.69, 9.17) is 0 Å². The SMILES string of the molecule is O=c1ccn(-c2c(F)cc(C#CCN3CCNCC3)cc2F)c(=O)[nH]1. The second-order valence-corrected chi connectivity index (χ2v) is 5.60. The van der Waals surface area contributed by atoms with Gasteiger partial charge in [0.05, 0.1) is 6.54 Å². The molecular formula is C17H16F2N4O2. The van der Waals surface area contributed by atoms with E-state index in [9.17, 15) is 18.4 Å². The summed E-state index contributed by atoms with van der Waals surface area (Å²) < 4.78 is 29.3. The monoisotopic (exact) mass is 346 g/mol. The Bertz CT molecular complexity index is 926. The molecule has 0 atom stereocenters. The first-order valence-electron chi connectivity index (χ1n) is 7.78. The number of nitrogens with zero attached hydrogens (tertiary/aromatic N) is 2. The van der Waals surface area contributed by atoms with Gasteiger partial charge >= 0.3 is 5.69 Å². The van der Waals surface area contributed by atoms with Crippen LogP contribution in [0.1, 0.15) is 5.56 Å². The summed E-state index contributed by atoms with van der Waals surface area (Å²) in [5, 5.41) is 3.23. The van der Waals surface area contributed by atoms with Gasteiger partial charge in [0.1, 0.15) is 5.69 Å². The van der Waals surface area contributed by atoms with Gasteiger partial charge in [-0.05, 0) is 12.1 Å². The van der Waals surface area contributed by atoms with Crippen molar-refractivity contribution in [2.45, 2.75) is 0 Å². The van der Waals surface area contributed by atoms with Gasteiger partial charge in [0.25, 0.3) is 5.56 Å². The van der Waals surface area contributed by atoms with Gasteiger partial charge in [0, 0.05) is 44.0 Å². The van der Waals surface area contributed by atoms with E-state index in [-0.39, 0.29) is 5.56 Å². The lowest BCUT2D eigenvalue weighted by atomic mass is 10.2. The van der Waals surface area contributed by atoms with Gasteiger partial charge < -0.3 is 5.32 Å². The van der Waals surface area contributed by atoms with Gasteiger partial charge in [-0.3, -0.25) is 19.2 Å². The van der Waals surface area contributed by atoms with Crippen LogP contribution in [0, 0.1) is 23.5 Å². The number of hydrogen-bond donors (Lipinski definition) is 2. The zero-order chi connectivity index (χ0) is 17.8. The number of aromatic amines is 1. The summed E-state index contributed by atoms with van der Waals surface area (Å²) in [7, 11) is 0. The molecule has 3 rings (SSSR count). The van der Waals surface area contributed by atoms with Crippen molar-refractivity contribution in [3.05, 3.63) is 62.4 Å². The van der Waals surface area contributed by atoms with E-state index in [1.807, 2.05) is 4.98 Å². The lowest BCUT2D eigenvalue weighted by molar-refractivity contribution is 0.268. The smallest absolute Gasteiger partial charge is 0.314 e. The molecule has 1 aromatic heterocycles. The van der Waals surface area contributed by atoms with E-state index in [2.05, 4.69) is 22.1 Å². The van der Waals surface area contributed by atoms with Crippen LogP contribution in [0.3, 0.4) is 0 Å². The lowest BCUT2D eigenvalue weighted by Crippen LogP contribution is -2.43. The molecule has 0 radical (unpaired) electrons. The van der Waals surface area contributed by atoms with Crippen LogP contribution in [0.2, 0.25) is 0 Å². The maximum absolute atomic E-state index is 14.3. The molecule has 1 fully saturated rings. The highest BCUT2D eigenvalue weighted by atomic mass is 19.1. The van der Waals surface area contributed by atoms with Crippen molar-refractivity contribution in [1.82, 2.24) is 19.8 Å². The van der Waals surface area contributed by atoms with E-state index in [1.165, 1.54) is 0 Å². The molecule has 6 nitrogen and oxygen atoms in total. The Hall–Kier alpha value is -2.76. The molecule has 25 heavy (non-hydrogen) atoms. The summed E-state index contributed by atoms with van der Waals surface area (Å²) >= 11 is 0. The minimum absolute atomic E-state index is 0.186. The van der Waals surface area contributed by atoms with Crippen molar-refractivity contribution in [2.24, 2.45) is 0 Å². The predicted octanol–water partition coefficient (Wildman–Crippen LogP) is 0.0607. The van der Waals surface area contributed by atoms with Gasteiger partial charge in [-0.15, -0.1) is 0 Å². The second kappa shape index (κ2) is 7.42. The van der Waals surface area contributed by atoms with Crippen LogP contribution in [0.25, 0.3) is 5.69 Å². The third kappa shape index (κ3) is 4.02. The van der Waals surface area contributed by atoms with Crippen LogP contribution in [-0.2, 0) is 0 Å². The Morgan fingerprint density at radius 1 is 1.12 bits per heavy atom. The molecule has 8 heteroatoms. The third-order valence-corrected chi connectivity index (χ3v) is 3.83. The zero-order valence-corrected chi connectivity index (χ0v) is 13.3. The Balaban J connectivity index is 1.85. The fourth-order valence-electron chi connectivity index (χ4n) is 2.58. The van der Waals surface area contributed by atoms with Crippen LogP contribution in [0.15, 0.2) is 34.0 Å². The fraction of sp³-hybridized carbons (Fsp3) is 0.294. The topological polar surface area (TPSA) is 70.1 Å². The molecule has 0 amide bonds. The molecule has 2 N–H and O–H groups in total. The molecule has 0 aliphatic carbocycles. The Morgan fingerprint density at radius 3 is 2.44 bits per heavy atom. The second-order valence-electron chi connectivity index (χ2n) is 5.60. The van der Waals surface area contributed by atoms with E-state index in [1.54, 1.807) is 0 Å². The van der Waals surface area contributed by atoms with E-state index >= 15 is 0 Å². The van der Waals surface area contributed by atoms with Gasteiger partial charge in [-0.1, -0.05) is 11.8 Å². The van der Waals surface area contributed by atoms with Crippen molar-refractivity contribution < 1.29 is 8.78 Å². The number of hydrogen-bond acceptors (Lipinski definition) is 4. The van der Waals surface area contributed by atoms with Crippen LogP contribution >= 0.6 is 0 Å². The highest BCUT2D eigenvalue weighted by Gasteiger charge is 2.14. The molecule has 1 aliphatic rings. The molecule has 0 bridgehead atoms. The van der Waals surface area contributed by atoms with Gasteiger partial charge in [0.15, 0.2) is 11.6 Å². The van der Waals surface area contributed by atoms with Crippen molar-refractivity contribution >= 4 is 0 Å². The number of H-pyrrole nitrogens is 1. The summed E-state index contributed by atoms with van der Waals surface area (Å²) in [5.74, 6) is 3.78. The molecule has 130 valence electrons. The van der Waals surface area contributed by atoms with E-state index < -0.39 is 28.6 Å². The molecule has 1 aliphatic heterocycles. The maximum atomic E-state index is 14.3. The maximum Gasteiger partial charge on any atom is 0.333 e. The normalized spacial score (nSPS) is 14.8. The summed E-state index contributed by atoms with van der Waals surface area (Å²) in [5.41, 5.74) is -1.92. The minimum atomic E-state index is -0.930. The number of rotatable bonds is 2. The van der Waals surface area contributed by atoms with Gasteiger partial charge in [-0.25, -0.2) is 13.6 Å². The van der Waals surface area contributed by atoms with Crippen molar-refractivity contribution in [3.63, 3.8) is 0 Å². The average Bonchev–Trinajstić information content (AvgIpc) is 2.57. The summed E-state index contributed by atoms with van der Waals surface area (Å²) in [4.78, 5) is 26.9. The molecule has 1 saturated heterocycles. The molecule has 0 unspecified atom stereocenters. The van der Waals surface area contributed by atoms with Gasteiger partial charge in [-0.2, -0.15) is 0 Å². The molecule has 0 saturated carbocycles. The number of nitrogens with one attached hydrogen (secondary N) is 2. The summed E-state index contributed by atoms with van der Waals surface area (Å²) in [6.07, 6.45) is 1.03. The van der Waals surface area contributed by atoms with Crippen molar-refractivity contribution in [2.75, 3.05) is 32.7 Å². The summed E-state index contributed by atoms with van der Waals surface area (Å²) in [6, 6.07) is 3.16. The number of aromatic nitrogens is 2. The lowest BCUT2D eigenvalue weighted by Gasteiger charge is -2.24. The van der Waals surface area contributed by atoms with Crippen LogP contribution in [-0.4, -0.2) is 47.2 Å². The fourth-order valence-corrected chi connectivity index (χ4v) is 2.58. The molecular weight excluding hydrogens is 330 g/mol. The van der Waals surface area contributed by atoms with Crippen LogP contribution in [0.5, 0.6) is 0 Å². The third-order valence-electron chi connectivity index (χ3n) is 3.83. The Labute approximate surface area is 142 Å². The molecule has 0 spiro atoms. The Kier molecular flexibility index (Phi) is 5.07. The molecule has 1 aromatic carbocycles. The predicted molar refractivity (Wildman–Crippen MR) is 88.8 cm³/mol. The van der Waals surface area contributed by atoms with Crippen molar-refractivity contribution in [1.29, 1.82) is 0 Å². The number of benzene rings is 1. The minimum Gasteiger partial charge on any atom is -0.314 e. The number of piperazine rings is 1. The van der Waals surface area contributed by atoms with E-state index in [0.717, 1.165) is 50.6 Å². The van der Waals surface area contributed by atoms with Gasteiger partial charge in [0.2, 0.25) is 0 Å². The summed E-state index contributed by atoms with van der Waals surface area (Å²) in [6.45, 7) is 4.07. The highest BCUT2D eigenvalue weighted by Crippen LogP contribution is 2.17. The standard InChI is InChI=1S/C17H16F2N4O2/c18-13-10-12(2-1-6-22-8-4-20-5-9-22)11-14(19)16(13)23-7-3-15(24)21-17(23)25/h3,7,10-11,20H,4-6,8-9H2,(H,21,24,25). The van der Waals surface area contributed by atoms with Crippen molar-refractivity contribution in [3.8, 4) is 17.5 Å². The molecule has 2 heterocycles. The first-order chi connectivity index (χ1) is 12.0. The van der Waals surface area contributed by atoms with E-state index in [0.29, 0.717) is 11.1 Å². The first kappa shape index (κ1) is 17.1. The quantitative estimate of drug-likeness (QED) is 0.755.